The molecule has 3 rings (SSSR count). The highest BCUT2D eigenvalue weighted by atomic mass is 16.5. The Morgan fingerprint density at radius 1 is 1.24 bits per heavy atom. The molecule has 0 saturated carbocycles. The van der Waals surface area contributed by atoms with Crippen LogP contribution in [0.3, 0.4) is 0 Å². The van der Waals surface area contributed by atoms with Gasteiger partial charge in [-0.15, -0.1) is 0 Å². The molecule has 1 aliphatic heterocycles. The zero-order valence-electron chi connectivity index (χ0n) is 14.4. The van der Waals surface area contributed by atoms with Crippen molar-refractivity contribution in [2.75, 3.05) is 45.3 Å². The molecule has 0 radical (unpaired) electrons. The molecular weight excluding hydrogens is 318 g/mol. The van der Waals surface area contributed by atoms with Gasteiger partial charge in [0.25, 0.3) is 5.91 Å². The molecule has 0 atom stereocenters. The van der Waals surface area contributed by atoms with Gasteiger partial charge in [0, 0.05) is 31.5 Å². The first-order valence-corrected chi connectivity index (χ1v) is 8.46. The molecule has 1 saturated heterocycles. The van der Waals surface area contributed by atoms with E-state index in [1.165, 1.54) is 5.56 Å². The van der Waals surface area contributed by atoms with E-state index in [0.717, 1.165) is 24.4 Å². The maximum absolute atomic E-state index is 12.5. The fourth-order valence-corrected chi connectivity index (χ4v) is 2.73. The van der Waals surface area contributed by atoms with Crippen molar-refractivity contribution >= 4 is 11.6 Å². The summed E-state index contributed by atoms with van der Waals surface area (Å²) in [6, 6.07) is 11.7. The normalized spacial score (nSPS) is 14.2. The van der Waals surface area contributed by atoms with Gasteiger partial charge in [0.2, 0.25) is 0 Å². The topological polar surface area (TPSA) is 63.7 Å². The third-order valence-corrected chi connectivity index (χ3v) is 4.18. The van der Waals surface area contributed by atoms with Crippen LogP contribution in [-0.2, 0) is 11.2 Å². The SMILES string of the molecule is COc1ccc(CCNc2ccnc(C(=O)N3CCOCC3)c2)cc1. The van der Waals surface area contributed by atoms with E-state index in [-0.39, 0.29) is 5.91 Å². The van der Waals surface area contributed by atoms with Crippen LogP contribution >= 0.6 is 0 Å². The molecule has 0 bridgehead atoms. The highest BCUT2D eigenvalue weighted by Crippen LogP contribution is 2.14. The number of hydrogen-bond acceptors (Lipinski definition) is 5. The van der Waals surface area contributed by atoms with Crippen molar-refractivity contribution in [2.45, 2.75) is 6.42 Å². The number of anilines is 1. The molecule has 1 amide bonds. The molecule has 2 aromatic rings. The van der Waals surface area contributed by atoms with Crippen LogP contribution in [0.25, 0.3) is 0 Å². The minimum Gasteiger partial charge on any atom is -0.497 e. The Morgan fingerprint density at radius 3 is 2.72 bits per heavy atom. The molecule has 6 heteroatoms. The largest absolute Gasteiger partial charge is 0.497 e. The second-order valence-electron chi connectivity index (χ2n) is 5.86. The summed E-state index contributed by atoms with van der Waals surface area (Å²) in [5.41, 5.74) is 2.60. The van der Waals surface area contributed by atoms with Crippen molar-refractivity contribution in [1.29, 1.82) is 0 Å². The van der Waals surface area contributed by atoms with Gasteiger partial charge in [-0.1, -0.05) is 12.1 Å². The summed E-state index contributed by atoms with van der Waals surface area (Å²) in [5, 5.41) is 3.35. The summed E-state index contributed by atoms with van der Waals surface area (Å²) >= 11 is 0. The molecule has 0 spiro atoms. The van der Waals surface area contributed by atoms with Crippen molar-refractivity contribution in [2.24, 2.45) is 0 Å². The van der Waals surface area contributed by atoms with E-state index >= 15 is 0 Å². The summed E-state index contributed by atoms with van der Waals surface area (Å²) in [4.78, 5) is 18.5. The number of aromatic nitrogens is 1. The van der Waals surface area contributed by atoms with Crippen LogP contribution in [0.5, 0.6) is 5.75 Å². The van der Waals surface area contributed by atoms with E-state index in [1.54, 1.807) is 18.2 Å². The van der Waals surface area contributed by atoms with Crippen molar-refractivity contribution in [1.82, 2.24) is 9.88 Å². The van der Waals surface area contributed by atoms with Crippen molar-refractivity contribution in [3.05, 3.63) is 53.9 Å². The summed E-state index contributed by atoms with van der Waals surface area (Å²) in [6.45, 7) is 3.20. The zero-order valence-corrected chi connectivity index (χ0v) is 14.4. The van der Waals surface area contributed by atoms with Crippen LogP contribution in [0.15, 0.2) is 42.6 Å². The molecule has 1 fully saturated rings. The molecule has 0 unspecified atom stereocenters. The molecule has 1 aromatic carbocycles. The predicted octanol–water partition coefficient (Wildman–Crippen LogP) is 2.22. The maximum atomic E-state index is 12.5. The number of ether oxygens (including phenoxy) is 2. The van der Waals surface area contributed by atoms with Gasteiger partial charge in [-0.3, -0.25) is 9.78 Å². The molecule has 6 nitrogen and oxygen atoms in total. The first-order chi connectivity index (χ1) is 12.3. The quantitative estimate of drug-likeness (QED) is 0.873. The Bertz CT molecular complexity index is 697. The van der Waals surface area contributed by atoms with Crippen LogP contribution < -0.4 is 10.1 Å². The third-order valence-electron chi connectivity index (χ3n) is 4.18. The second kappa shape index (κ2) is 8.48. The minimum absolute atomic E-state index is 0.0397. The van der Waals surface area contributed by atoms with E-state index in [1.807, 2.05) is 24.3 Å². The number of carbonyl (C=O) groups is 1. The highest BCUT2D eigenvalue weighted by Gasteiger charge is 2.19. The van der Waals surface area contributed by atoms with Gasteiger partial charge < -0.3 is 19.7 Å². The van der Waals surface area contributed by atoms with Gasteiger partial charge in [0.05, 0.1) is 20.3 Å². The molecule has 132 valence electrons. The Labute approximate surface area is 147 Å². The molecule has 0 aliphatic carbocycles. The number of rotatable bonds is 6. The van der Waals surface area contributed by atoms with E-state index in [4.69, 9.17) is 9.47 Å². The molecule has 1 N–H and O–H groups in total. The van der Waals surface area contributed by atoms with Gasteiger partial charge in [-0.05, 0) is 36.2 Å². The van der Waals surface area contributed by atoms with Crippen molar-refractivity contribution in [3.63, 3.8) is 0 Å². The number of nitrogens with zero attached hydrogens (tertiary/aromatic N) is 2. The number of amides is 1. The standard InChI is InChI=1S/C19H23N3O3/c1-24-17-4-2-15(3-5-17)6-8-20-16-7-9-21-18(14-16)19(23)22-10-12-25-13-11-22/h2-5,7,9,14H,6,8,10-13H2,1H3,(H,20,21). The Balaban J connectivity index is 1.54. The maximum Gasteiger partial charge on any atom is 0.272 e. The number of pyridine rings is 1. The van der Waals surface area contributed by atoms with Gasteiger partial charge >= 0.3 is 0 Å². The fourth-order valence-electron chi connectivity index (χ4n) is 2.73. The number of carbonyl (C=O) groups excluding carboxylic acids is 1. The average Bonchev–Trinajstić information content (AvgIpc) is 2.69. The van der Waals surface area contributed by atoms with Gasteiger partial charge in [0.1, 0.15) is 11.4 Å². The lowest BCUT2D eigenvalue weighted by atomic mass is 10.1. The minimum atomic E-state index is -0.0397. The number of hydrogen-bond donors (Lipinski definition) is 1. The zero-order chi connectivity index (χ0) is 17.5. The lowest BCUT2D eigenvalue weighted by molar-refractivity contribution is 0.0299. The summed E-state index contributed by atoms with van der Waals surface area (Å²) in [6.07, 6.45) is 2.56. The number of benzene rings is 1. The van der Waals surface area contributed by atoms with E-state index in [0.29, 0.717) is 32.0 Å². The van der Waals surface area contributed by atoms with Crippen LogP contribution in [-0.4, -0.2) is 55.7 Å². The summed E-state index contributed by atoms with van der Waals surface area (Å²) in [7, 11) is 1.66. The first kappa shape index (κ1) is 17.2. The van der Waals surface area contributed by atoms with Gasteiger partial charge in [-0.2, -0.15) is 0 Å². The Hall–Kier alpha value is -2.60. The monoisotopic (exact) mass is 341 g/mol. The smallest absolute Gasteiger partial charge is 0.272 e. The summed E-state index contributed by atoms with van der Waals surface area (Å²) < 4.78 is 10.4. The van der Waals surface area contributed by atoms with Gasteiger partial charge in [0.15, 0.2) is 0 Å². The van der Waals surface area contributed by atoms with E-state index in [9.17, 15) is 4.79 Å². The van der Waals surface area contributed by atoms with E-state index < -0.39 is 0 Å². The summed E-state index contributed by atoms with van der Waals surface area (Å²) in [5.74, 6) is 0.819. The fraction of sp³-hybridized carbons (Fsp3) is 0.368. The molecular formula is C19H23N3O3. The van der Waals surface area contributed by atoms with Crippen molar-refractivity contribution < 1.29 is 14.3 Å². The van der Waals surface area contributed by atoms with Crippen LogP contribution in [0.4, 0.5) is 5.69 Å². The number of methoxy groups -OCH3 is 1. The Morgan fingerprint density at radius 2 is 2.00 bits per heavy atom. The lowest BCUT2D eigenvalue weighted by Crippen LogP contribution is -2.41. The Kier molecular flexibility index (Phi) is 5.85. The average molecular weight is 341 g/mol. The van der Waals surface area contributed by atoms with Gasteiger partial charge in [-0.25, -0.2) is 0 Å². The predicted molar refractivity (Wildman–Crippen MR) is 96.1 cm³/mol. The van der Waals surface area contributed by atoms with E-state index in [2.05, 4.69) is 22.4 Å². The second-order valence-corrected chi connectivity index (χ2v) is 5.86. The third kappa shape index (κ3) is 4.70. The number of nitrogens with one attached hydrogen (secondary N) is 1. The van der Waals surface area contributed by atoms with Crippen LogP contribution in [0, 0.1) is 0 Å². The molecule has 2 heterocycles. The first-order valence-electron chi connectivity index (χ1n) is 8.46. The van der Waals surface area contributed by atoms with Crippen LogP contribution in [0.2, 0.25) is 0 Å². The lowest BCUT2D eigenvalue weighted by Gasteiger charge is -2.26. The molecule has 25 heavy (non-hydrogen) atoms. The highest BCUT2D eigenvalue weighted by molar-refractivity contribution is 5.93. The van der Waals surface area contributed by atoms with Crippen LogP contribution in [0.1, 0.15) is 16.1 Å². The molecule has 1 aliphatic rings. The molecule has 1 aromatic heterocycles. The number of morpholine rings is 1. The van der Waals surface area contributed by atoms with Crippen molar-refractivity contribution in [3.8, 4) is 5.75 Å².